The summed E-state index contributed by atoms with van der Waals surface area (Å²) in [5.74, 6) is 1.05. The van der Waals surface area contributed by atoms with E-state index in [9.17, 15) is 0 Å². The first kappa shape index (κ1) is 12.2. The Bertz CT molecular complexity index is 521. The minimum absolute atomic E-state index is 0.538. The lowest BCUT2D eigenvalue weighted by molar-refractivity contribution is 0.647. The van der Waals surface area contributed by atoms with E-state index in [0.717, 1.165) is 37.7 Å². The molecule has 1 aliphatic rings. The van der Waals surface area contributed by atoms with Crippen molar-refractivity contribution in [1.29, 1.82) is 0 Å². The predicted molar refractivity (Wildman–Crippen MR) is 77.9 cm³/mol. The Morgan fingerprint density at radius 3 is 2.32 bits per heavy atom. The standard InChI is InChI=1S/C14H15ClN4/c15-13-5-4-12(11-17-13)18-7-9-19(10-8-18)14-3-1-2-6-16-14/h1-6,11H,7-10H2. The lowest BCUT2D eigenvalue weighted by Crippen LogP contribution is -2.46. The summed E-state index contributed by atoms with van der Waals surface area (Å²) in [5, 5.41) is 0.538. The lowest BCUT2D eigenvalue weighted by atomic mass is 10.2. The number of hydrogen-bond donors (Lipinski definition) is 0. The van der Waals surface area contributed by atoms with Gasteiger partial charge in [-0.2, -0.15) is 0 Å². The van der Waals surface area contributed by atoms with Crippen LogP contribution in [0.4, 0.5) is 11.5 Å². The molecule has 0 bridgehead atoms. The molecule has 1 fully saturated rings. The van der Waals surface area contributed by atoms with Crippen LogP contribution in [0.3, 0.4) is 0 Å². The first-order chi connectivity index (χ1) is 9.33. The van der Waals surface area contributed by atoms with Crippen LogP contribution in [0, 0.1) is 0 Å². The normalized spacial score (nSPS) is 15.6. The van der Waals surface area contributed by atoms with E-state index >= 15 is 0 Å². The van der Waals surface area contributed by atoms with Gasteiger partial charge in [-0.25, -0.2) is 9.97 Å². The highest BCUT2D eigenvalue weighted by Gasteiger charge is 2.18. The molecule has 0 amide bonds. The number of anilines is 2. The maximum atomic E-state index is 5.81. The zero-order valence-electron chi connectivity index (χ0n) is 10.5. The van der Waals surface area contributed by atoms with Gasteiger partial charge in [0.15, 0.2) is 0 Å². The summed E-state index contributed by atoms with van der Waals surface area (Å²) in [6.07, 6.45) is 3.67. The van der Waals surface area contributed by atoms with Crippen molar-refractivity contribution in [2.45, 2.75) is 0 Å². The largest absolute Gasteiger partial charge is 0.367 e. The molecule has 0 saturated carbocycles. The third-order valence-electron chi connectivity index (χ3n) is 3.33. The van der Waals surface area contributed by atoms with Crippen molar-refractivity contribution in [2.75, 3.05) is 36.0 Å². The molecular weight excluding hydrogens is 260 g/mol. The van der Waals surface area contributed by atoms with Gasteiger partial charge in [-0.15, -0.1) is 0 Å². The summed E-state index contributed by atoms with van der Waals surface area (Å²) in [7, 11) is 0. The minimum atomic E-state index is 0.538. The van der Waals surface area contributed by atoms with Gasteiger partial charge in [0, 0.05) is 32.4 Å². The molecule has 0 N–H and O–H groups in total. The molecule has 0 aromatic carbocycles. The van der Waals surface area contributed by atoms with E-state index in [1.807, 2.05) is 36.7 Å². The number of piperazine rings is 1. The topological polar surface area (TPSA) is 32.3 Å². The van der Waals surface area contributed by atoms with Gasteiger partial charge in [0.05, 0.1) is 11.9 Å². The van der Waals surface area contributed by atoms with E-state index in [-0.39, 0.29) is 0 Å². The fraction of sp³-hybridized carbons (Fsp3) is 0.286. The molecule has 2 aromatic rings. The Balaban J connectivity index is 1.65. The summed E-state index contributed by atoms with van der Waals surface area (Å²) in [5.41, 5.74) is 1.13. The highest BCUT2D eigenvalue weighted by atomic mass is 35.5. The van der Waals surface area contributed by atoms with E-state index in [1.54, 1.807) is 0 Å². The Kier molecular flexibility index (Phi) is 3.51. The molecule has 2 aromatic heterocycles. The van der Waals surface area contributed by atoms with E-state index < -0.39 is 0 Å². The average Bonchev–Trinajstić information content (AvgIpc) is 2.49. The Morgan fingerprint density at radius 2 is 1.68 bits per heavy atom. The molecule has 1 aliphatic heterocycles. The van der Waals surface area contributed by atoms with Gasteiger partial charge in [-0.05, 0) is 24.3 Å². The maximum absolute atomic E-state index is 5.81. The van der Waals surface area contributed by atoms with Crippen LogP contribution in [-0.2, 0) is 0 Å². The van der Waals surface area contributed by atoms with Gasteiger partial charge >= 0.3 is 0 Å². The first-order valence-electron chi connectivity index (χ1n) is 6.35. The van der Waals surface area contributed by atoms with E-state index in [1.165, 1.54) is 0 Å². The van der Waals surface area contributed by atoms with E-state index in [2.05, 4.69) is 25.8 Å². The summed E-state index contributed by atoms with van der Waals surface area (Å²) >= 11 is 5.81. The number of hydrogen-bond acceptors (Lipinski definition) is 4. The van der Waals surface area contributed by atoms with Gasteiger partial charge in [-0.1, -0.05) is 17.7 Å². The first-order valence-corrected chi connectivity index (χ1v) is 6.73. The molecule has 5 heteroatoms. The third kappa shape index (κ3) is 2.79. The minimum Gasteiger partial charge on any atom is -0.367 e. The molecule has 3 heterocycles. The summed E-state index contributed by atoms with van der Waals surface area (Å²) in [4.78, 5) is 13.1. The fourth-order valence-electron chi connectivity index (χ4n) is 2.29. The number of pyridine rings is 2. The van der Waals surface area contributed by atoms with E-state index in [4.69, 9.17) is 11.6 Å². The molecule has 0 unspecified atom stereocenters. The third-order valence-corrected chi connectivity index (χ3v) is 3.55. The van der Waals surface area contributed by atoms with Gasteiger partial charge < -0.3 is 9.80 Å². The Hall–Kier alpha value is -1.81. The SMILES string of the molecule is Clc1ccc(N2CCN(c3ccccn3)CC2)cn1. The van der Waals surface area contributed by atoms with Crippen molar-refractivity contribution < 1.29 is 0 Å². The molecular formula is C14H15ClN4. The van der Waals surface area contributed by atoms with Crippen molar-refractivity contribution in [1.82, 2.24) is 9.97 Å². The van der Waals surface area contributed by atoms with Crippen LogP contribution in [0.5, 0.6) is 0 Å². The predicted octanol–water partition coefficient (Wildman–Crippen LogP) is 2.46. The Morgan fingerprint density at radius 1 is 0.895 bits per heavy atom. The van der Waals surface area contributed by atoms with Gasteiger partial charge in [0.2, 0.25) is 0 Å². The van der Waals surface area contributed by atoms with Gasteiger partial charge in [0.25, 0.3) is 0 Å². The highest BCUT2D eigenvalue weighted by Crippen LogP contribution is 2.19. The summed E-state index contributed by atoms with van der Waals surface area (Å²) in [6, 6.07) is 9.88. The van der Waals surface area contributed by atoms with Crippen molar-refractivity contribution in [3.63, 3.8) is 0 Å². The van der Waals surface area contributed by atoms with Gasteiger partial charge in [0.1, 0.15) is 11.0 Å². The molecule has 4 nitrogen and oxygen atoms in total. The quantitative estimate of drug-likeness (QED) is 0.788. The van der Waals surface area contributed by atoms with E-state index in [0.29, 0.717) is 5.15 Å². The summed E-state index contributed by atoms with van der Waals surface area (Å²) < 4.78 is 0. The van der Waals surface area contributed by atoms with Crippen molar-refractivity contribution >= 4 is 23.1 Å². The monoisotopic (exact) mass is 274 g/mol. The van der Waals surface area contributed by atoms with Crippen molar-refractivity contribution in [3.8, 4) is 0 Å². The molecule has 0 radical (unpaired) electrons. The second kappa shape index (κ2) is 5.45. The van der Waals surface area contributed by atoms with Crippen LogP contribution in [0.15, 0.2) is 42.7 Å². The van der Waals surface area contributed by atoms with Gasteiger partial charge in [-0.3, -0.25) is 0 Å². The van der Waals surface area contributed by atoms with Crippen molar-refractivity contribution in [3.05, 3.63) is 47.9 Å². The number of rotatable bonds is 2. The number of nitrogens with zero attached hydrogens (tertiary/aromatic N) is 4. The second-order valence-corrected chi connectivity index (χ2v) is 4.89. The zero-order chi connectivity index (χ0) is 13.1. The fourth-order valence-corrected chi connectivity index (χ4v) is 2.40. The molecule has 0 atom stereocenters. The summed E-state index contributed by atoms with van der Waals surface area (Å²) in [6.45, 7) is 3.89. The van der Waals surface area contributed by atoms with Crippen LogP contribution in [0.1, 0.15) is 0 Å². The number of halogens is 1. The molecule has 3 rings (SSSR count). The van der Waals surface area contributed by atoms with Crippen molar-refractivity contribution in [2.24, 2.45) is 0 Å². The van der Waals surface area contributed by atoms with Crippen LogP contribution >= 0.6 is 11.6 Å². The molecule has 0 spiro atoms. The second-order valence-electron chi connectivity index (χ2n) is 4.50. The molecule has 98 valence electrons. The van der Waals surface area contributed by atoms with Crippen LogP contribution in [-0.4, -0.2) is 36.1 Å². The Labute approximate surface area is 117 Å². The maximum Gasteiger partial charge on any atom is 0.129 e. The molecule has 1 saturated heterocycles. The smallest absolute Gasteiger partial charge is 0.129 e. The van der Waals surface area contributed by atoms with Crippen LogP contribution in [0.25, 0.3) is 0 Å². The average molecular weight is 275 g/mol. The molecule has 19 heavy (non-hydrogen) atoms. The number of aromatic nitrogens is 2. The molecule has 0 aliphatic carbocycles. The highest BCUT2D eigenvalue weighted by molar-refractivity contribution is 6.29. The zero-order valence-corrected chi connectivity index (χ0v) is 11.3. The lowest BCUT2D eigenvalue weighted by Gasteiger charge is -2.36. The van der Waals surface area contributed by atoms with Crippen LogP contribution < -0.4 is 9.80 Å². The van der Waals surface area contributed by atoms with Crippen LogP contribution in [0.2, 0.25) is 5.15 Å².